The van der Waals surface area contributed by atoms with Gasteiger partial charge in [0.15, 0.2) is 5.43 Å². The molecule has 3 aromatic rings. The number of nitrogens with zero attached hydrogens (tertiary/aromatic N) is 1. The number of rotatable bonds is 2. The van der Waals surface area contributed by atoms with Gasteiger partial charge in [-0.2, -0.15) is 0 Å². The average Bonchev–Trinajstić information content (AvgIpc) is 3.25. The number of aromatic amines is 1. The fourth-order valence-electron chi connectivity index (χ4n) is 5.65. The van der Waals surface area contributed by atoms with Crippen LogP contribution in [0.25, 0.3) is 21.8 Å². The van der Waals surface area contributed by atoms with Gasteiger partial charge >= 0.3 is 0 Å². The number of benzene rings is 2. The first-order valence-corrected chi connectivity index (χ1v) is 11.3. The number of carbonyl (C=O) groups is 1. The van der Waals surface area contributed by atoms with Crippen molar-refractivity contribution in [1.29, 1.82) is 0 Å². The maximum Gasteiger partial charge on any atom is 0.256 e. The Morgan fingerprint density at radius 1 is 1.09 bits per heavy atom. The van der Waals surface area contributed by atoms with E-state index < -0.39 is 23.2 Å². The van der Waals surface area contributed by atoms with Crippen molar-refractivity contribution in [2.45, 2.75) is 51.2 Å². The predicted octanol–water partition coefficient (Wildman–Crippen LogP) is 4.36. The summed E-state index contributed by atoms with van der Waals surface area (Å²) in [6, 6.07) is 5.93. The molecule has 32 heavy (non-hydrogen) atoms. The Hall–Kier alpha value is -2.80. The normalized spacial score (nSPS) is 26.2. The molecule has 4 unspecified atom stereocenters. The molecule has 0 radical (unpaired) electrons. The molecule has 2 aliphatic rings. The van der Waals surface area contributed by atoms with Crippen LogP contribution in [0.1, 0.15) is 49.4 Å². The number of amides is 1. The van der Waals surface area contributed by atoms with Crippen LogP contribution in [-0.2, 0) is 0 Å². The molecule has 1 saturated carbocycles. The van der Waals surface area contributed by atoms with Crippen LogP contribution in [0.5, 0.6) is 0 Å². The molecular formula is C25H26F2N2O3. The maximum atomic E-state index is 14.5. The second-order valence-corrected chi connectivity index (χ2v) is 9.38. The lowest BCUT2D eigenvalue weighted by molar-refractivity contribution is 0.00864. The van der Waals surface area contributed by atoms with Crippen LogP contribution in [0.4, 0.5) is 8.78 Å². The highest BCUT2D eigenvalue weighted by atomic mass is 19.1. The molecule has 0 spiro atoms. The first-order valence-electron chi connectivity index (χ1n) is 11.3. The van der Waals surface area contributed by atoms with Gasteiger partial charge in [0.2, 0.25) is 0 Å². The van der Waals surface area contributed by atoms with Crippen molar-refractivity contribution in [1.82, 2.24) is 9.88 Å². The van der Waals surface area contributed by atoms with E-state index in [1.165, 1.54) is 12.1 Å². The first-order chi connectivity index (χ1) is 15.3. The number of aliphatic hydroxyl groups excluding tert-OH is 1. The zero-order chi connectivity index (χ0) is 22.6. The molecule has 2 N–H and O–H groups in total. The van der Waals surface area contributed by atoms with Crippen LogP contribution in [0.15, 0.2) is 35.1 Å². The van der Waals surface area contributed by atoms with Crippen molar-refractivity contribution in [2.24, 2.45) is 11.8 Å². The topological polar surface area (TPSA) is 73.4 Å². The molecule has 168 valence electrons. The van der Waals surface area contributed by atoms with Gasteiger partial charge in [0.25, 0.3) is 5.91 Å². The lowest BCUT2D eigenvalue weighted by atomic mass is 9.76. The number of halogens is 2. The van der Waals surface area contributed by atoms with Crippen LogP contribution < -0.4 is 5.43 Å². The first kappa shape index (κ1) is 21.1. The summed E-state index contributed by atoms with van der Waals surface area (Å²) in [4.78, 5) is 31.4. The number of carbonyl (C=O) groups excluding carboxylic acids is 1. The molecule has 2 heterocycles. The van der Waals surface area contributed by atoms with Crippen molar-refractivity contribution < 1.29 is 18.7 Å². The van der Waals surface area contributed by atoms with Gasteiger partial charge in [0.1, 0.15) is 11.6 Å². The van der Waals surface area contributed by atoms with Crippen molar-refractivity contribution in [3.05, 3.63) is 57.8 Å². The third kappa shape index (κ3) is 3.48. The Morgan fingerprint density at radius 2 is 1.88 bits per heavy atom. The summed E-state index contributed by atoms with van der Waals surface area (Å²) in [6.45, 7) is 2.70. The van der Waals surface area contributed by atoms with Crippen LogP contribution in [0.3, 0.4) is 0 Å². The Kier molecular flexibility index (Phi) is 5.24. The number of hydrogen-bond acceptors (Lipinski definition) is 3. The van der Waals surface area contributed by atoms with E-state index in [2.05, 4.69) is 11.9 Å². The molecule has 1 aliphatic heterocycles. The largest absolute Gasteiger partial charge is 0.393 e. The Labute approximate surface area is 184 Å². The van der Waals surface area contributed by atoms with E-state index in [4.69, 9.17) is 0 Å². The summed E-state index contributed by atoms with van der Waals surface area (Å²) >= 11 is 0. The van der Waals surface area contributed by atoms with Gasteiger partial charge in [-0.3, -0.25) is 9.59 Å². The van der Waals surface area contributed by atoms with Gasteiger partial charge in [0.05, 0.1) is 17.2 Å². The van der Waals surface area contributed by atoms with E-state index >= 15 is 0 Å². The number of likely N-dealkylation sites (tertiary alicyclic amines) is 1. The molecule has 4 atom stereocenters. The molecule has 2 aromatic carbocycles. The standard InChI is InChI=1S/C25H26F2N2O3/c1-13-4-7-22(30)17(9-13)21-3-2-8-29(21)25(32)19-12-15(27)11-18-23(19)28-20-6-5-14(26)10-16(20)24(18)31/h5-6,10-13,17,21-22,30H,2-4,7-9H2,1H3,(H,28,31). The number of aliphatic hydroxyl groups is 1. The molecule has 5 nitrogen and oxygen atoms in total. The third-order valence-electron chi connectivity index (χ3n) is 7.24. The highest BCUT2D eigenvalue weighted by Gasteiger charge is 2.41. The van der Waals surface area contributed by atoms with Crippen molar-refractivity contribution in [3.8, 4) is 0 Å². The van der Waals surface area contributed by atoms with Crippen LogP contribution in [0.2, 0.25) is 0 Å². The van der Waals surface area contributed by atoms with Gasteiger partial charge in [-0.1, -0.05) is 6.92 Å². The minimum Gasteiger partial charge on any atom is -0.393 e. The minimum atomic E-state index is -0.691. The summed E-state index contributed by atoms with van der Waals surface area (Å²) < 4.78 is 28.2. The van der Waals surface area contributed by atoms with Crippen molar-refractivity contribution in [3.63, 3.8) is 0 Å². The molecule has 2 fully saturated rings. The van der Waals surface area contributed by atoms with Gasteiger partial charge in [-0.05, 0) is 68.4 Å². The molecule has 7 heteroatoms. The second-order valence-electron chi connectivity index (χ2n) is 9.38. The number of nitrogens with one attached hydrogen (secondary N) is 1. The van der Waals surface area contributed by atoms with E-state index in [0.717, 1.165) is 50.3 Å². The number of aromatic nitrogens is 1. The smallest absolute Gasteiger partial charge is 0.256 e. The molecule has 0 bridgehead atoms. The lowest BCUT2D eigenvalue weighted by Gasteiger charge is -2.39. The summed E-state index contributed by atoms with van der Waals surface area (Å²) in [5.74, 6) is -1.12. The van der Waals surface area contributed by atoms with Gasteiger partial charge in [0, 0.05) is 34.8 Å². The van der Waals surface area contributed by atoms with Gasteiger partial charge in [-0.15, -0.1) is 0 Å². The second kappa shape index (κ2) is 7.96. The summed E-state index contributed by atoms with van der Waals surface area (Å²) in [5, 5.41) is 10.8. The molecule has 1 aliphatic carbocycles. The fourth-order valence-corrected chi connectivity index (χ4v) is 5.65. The van der Waals surface area contributed by atoms with E-state index in [0.29, 0.717) is 18.0 Å². The summed E-state index contributed by atoms with van der Waals surface area (Å²) in [6.07, 6.45) is 3.72. The SMILES string of the molecule is CC1CCC(O)C(C2CCCN2C(=O)c2cc(F)cc3c(=O)c4cc(F)ccc4[nH]c23)C1. The highest BCUT2D eigenvalue weighted by molar-refractivity contribution is 6.07. The maximum absolute atomic E-state index is 14.5. The zero-order valence-corrected chi connectivity index (χ0v) is 17.9. The van der Waals surface area contributed by atoms with Crippen LogP contribution in [0, 0.1) is 23.5 Å². The Bertz CT molecular complexity index is 1270. The predicted molar refractivity (Wildman–Crippen MR) is 119 cm³/mol. The Balaban J connectivity index is 1.60. The zero-order valence-electron chi connectivity index (χ0n) is 17.9. The Morgan fingerprint density at radius 3 is 2.69 bits per heavy atom. The quantitative estimate of drug-likeness (QED) is 0.582. The highest BCUT2D eigenvalue weighted by Crippen LogP contribution is 2.38. The fraction of sp³-hybridized carbons (Fsp3) is 0.440. The van der Waals surface area contributed by atoms with Crippen molar-refractivity contribution in [2.75, 3.05) is 6.54 Å². The number of fused-ring (bicyclic) bond motifs is 2. The van der Waals surface area contributed by atoms with Crippen LogP contribution >= 0.6 is 0 Å². The van der Waals surface area contributed by atoms with Gasteiger partial charge < -0.3 is 15.0 Å². The van der Waals surface area contributed by atoms with E-state index in [1.54, 1.807) is 4.90 Å². The molecule has 5 rings (SSSR count). The summed E-state index contributed by atoms with van der Waals surface area (Å²) in [5.41, 5.74) is 0.215. The number of hydrogen-bond donors (Lipinski definition) is 2. The van der Waals surface area contributed by atoms with E-state index in [9.17, 15) is 23.5 Å². The molecule has 1 amide bonds. The lowest BCUT2D eigenvalue weighted by Crippen LogP contribution is -2.46. The number of H-pyrrole nitrogens is 1. The molecular weight excluding hydrogens is 414 g/mol. The summed E-state index contributed by atoms with van der Waals surface area (Å²) in [7, 11) is 0. The van der Waals surface area contributed by atoms with Gasteiger partial charge in [-0.25, -0.2) is 8.78 Å². The molecule has 1 saturated heterocycles. The average molecular weight is 440 g/mol. The minimum absolute atomic E-state index is 0.00659. The third-order valence-corrected chi connectivity index (χ3v) is 7.24. The van der Waals surface area contributed by atoms with Crippen LogP contribution in [-0.4, -0.2) is 39.6 Å². The monoisotopic (exact) mass is 440 g/mol. The number of pyridine rings is 1. The van der Waals surface area contributed by atoms with E-state index in [-0.39, 0.29) is 39.7 Å². The van der Waals surface area contributed by atoms with Crippen molar-refractivity contribution >= 4 is 27.7 Å². The van der Waals surface area contributed by atoms with E-state index in [1.807, 2.05) is 0 Å². The molecule has 1 aromatic heterocycles.